The first-order valence-corrected chi connectivity index (χ1v) is 7.18. The molecule has 4 nitrogen and oxygen atoms in total. The Balaban J connectivity index is 1.68. The second kappa shape index (κ2) is 4.58. The third kappa shape index (κ3) is 1.98. The fourth-order valence-electron chi connectivity index (χ4n) is 3.15. The smallest absolute Gasteiger partial charge is 0.231 e. The van der Waals surface area contributed by atoms with Gasteiger partial charge in [0.1, 0.15) is 5.75 Å². The Hall–Kier alpha value is -2.36. The molecule has 0 aliphatic carbocycles. The fraction of sp³-hybridized carbons (Fsp3) is 0.294. The topological polar surface area (TPSA) is 41.9 Å². The van der Waals surface area contributed by atoms with Crippen molar-refractivity contribution in [3.8, 4) is 17.2 Å². The Morgan fingerprint density at radius 2 is 1.95 bits per heavy atom. The van der Waals surface area contributed by atoms with Gasteiger partial charge >= 0.3 is 0 Å². The number of phenolic OH excluding ortho intramolecular Hbond substituents is 1. The molecule has 1 unspecified atom stereocenters. The molecule has 0 radical (unpaired) electrons. The van der Waals surface area contributed by atoms with Crippen LogP contribution < -0.4 is 14.4 Å². The number of hydrogen-bond acceptors (Lipinski definition) is 4. The zero-order chi connectivity index (χ0) is 14.4. The van der Waals surface area contributed by atoms with Crippen LogP contribution in [0, 0.1) is 0 Å². The molecule has 108 valence electrons. The van der Waals surface area contributed by atoms with E-state index in [4.69, 9.17) is 9.47 Å². The Morgan fingerprint density at radius 3 is 2.81 bits per heavy atom. The van der Waals surface area contributed by atoms with Crippen LogP contribution >= 0.6 is 0 Å². The molecule has 0 amide bonds. The average molecular weight is 283 g/mol. The first kappa shape index (κ1) is 12.4. The summed E-state index contributed by atoms with van der Waals surface area (Å²) >= 11 is 0. The molecule has 0 saturated carbocycles. The lowest BCUT2D eigenvalue weighted by Gasteiger charge is -2.25. The number of benzene rings is 2. The van der Waals surface area contributed by atoms with Crippen molar-refractivity contribution in [3.63, 3.8) is 0 Å². The van der Waals surface area contributed by atoms with Crippen molar-refractivity contribution < 1.29 is 14.6 Å². The van der Waals surface area contributed by atoms with Gasteiger partial charge in [0.25, 0.3) is 0 Å². The van der Waals surface area contributed by atoms with E-state index < -0.39 is 0 Å². The van der Waals surface area contributed by atoms with Crippen LogP contribution in [0.2, 0.25) is 0 Å². The van der Waals surface area contributed by atoms with Crippen molar-refractivity contribution in [3.05, 3.63) is 47.5 Å². The highest BCUT2D eigenvalue weighted by Crippen LogP contribution is 2.40. The van der Waals surface area contributed by atoms with Gasteiger partial charge in [-0.1, -0.05) is 18.2 Å². The number of para-hydroxylation sites is 1. The maximum absolute atomic E-state index is 10.2. The van der Waals surface area contributed by atoms with Gasteiger partial charge in [0.05, 0.1) is 0 Å². The van der Waals surface area contributed by atoms with Crippen LogP contribution in [0.3, 0.4) is 0 Å². The predicted octanol–water partition coefficient (Wildman–Crippen LogP) is 3.07. The standard InChI is InChI=1S/C17H17NO3/c1-11-6-12-4-2-3-5-14(12)18(11)9-13-7-16-17(8-15(13)19)21-10-20-16/h2-5,7-8,11,19H,6,9-10H2,1H3. The van der Waals surface area contributed by atoms with Gasteiger partial charge in [0.15, 0.2) is 11.5 Å². The molecule has 1 atom stereocenters. The van der Waals surface area contributed by atoms with Gasteiger partial charge in [-0.3, -0.25) is 0 Å². The monoisotopic (exact) mass is 283 g/mol. The van der Waals surface area contributed by atoms with Crippen LogP contribution in [0.25, 0.3) is 0 Å². The number of aromatic hydroxyl groups is 1. The third-order valence-electron chi connectivity index (χ3n) is 4.26. The Labute approximate surface area is 123 Å². The van der Waals surface area contributed by atoms with E-state index in [1.165, 1.54) is 11.3 Å². The molecule has 2 aliphatic rings. The molecule has 0 spiro atoms. The number of nitrogens with zero attached hydrogens (tertiary/aromatic N) is 1. The normalized spacial score (nSPS) is 18.9. The van der Waals surface area contributed by atoms with Gasteiger partial charge in [-0.05, 0) is 31.0 Å². The second-order valence-corrected chi connectivity index (χ2v) is 5.64. The molecule has 0 aromatic heterocycles. The summed E-state index contributed by atoms with van der Waals surface area (Å²) in [6, 6.07) is 12.4. The lowest BCUT2D eigenvalue weighted by atomic mass is 10.1. The molecule has 4 heteroatoms. The van der Waals surface area contributed by atoms with Crippen molar-refractivity contribution in [1.82, 2.24) is 0 Å². The van der Waals surface area contributed by atoms with Crippen LogP contribution in [0.1, 0.15) is 18.1 Å². The van der Waals surface area contributed by atoms with E-state index in [1.807, 2.05) is 6.07 Å². The van der Waals surface area contributed by atoms with Gasteiger partial charge in [0.2, 0.25) is 6.79 Å². The van der Waals surface area contributed by atoms with Gasteiger partial charge in [0, 0.05) is 29.9 Å². The molecular formula is C17H17NO3. The summed E-state index contributed by atoms with van der Waals surface area (Å²) in [5.41, 5.74) is 3.48. The molecule has 2 heterocycles. The fourth-order valence-corrected chi connectivity index (χ4v) is 3.15. The maximum atomic E-state index is 10.2. The average Bonchev–Trinajstić information content (AvgIpc) is 3.04. The number of anilines is 1. The zero-order valence-electron chi connectivity index (χ0n) is 11.9. The van der Waals surface area contributed by atoms with Crippen molar-refractivity contribution in [2.45, 2.75) is 25.9 Å². The predicted molar refractivity (Wildman–Crippen MR) is 80.0 cm³/mol. The van der Waals surface area contributed by atoms with Crippen molar-refractivity contribution in [2.75, 3.05) is 11.7 Å². The van der Waals surface area contributed by atoms with E-state index in [9.17, 15) is 5.11 Å². The van der Waals surface area contributed by atoms with Crippen molar-refractivity contribution in [1.29, 1.82) is 0 Å². The molecule has 4 rings (SSSR count). The van der Waals surface area contributed by atoms with Gasteiger partial charge in [-0.2, -0.15) is 0 Å². The van der Waals surface area contributed by atoms with Crippen LogP contribution in [-0.4, -0.2) is 17.9 Å². The van der Waals surface area contributed by atoms with Gasteiger partial charge < -0.3 is 19.5 Å². The Bertz CT molecular complexity index is 698. The lowest BCUT2D eigenvalue weighted by molar-refractivity contribution is 0.174. The first-order chi connectivity index (χ1) is 10.2. The van der Waals surface area contributed by atoms with Crippen molar-refractivity contribution in [2.24, 2.45) is 0 Å². The SMILES string of the molecule is CC1Cc2ccccc2N1Cc1cc2c(cc1O)OCO2. The Morgan fingerprint density at radius 1 is 1.19 bits per heavy atom. The zero-order valence-corrected chi connectivity index (χ0v) is 11.9. The minimum Gasteiger partial charge on any atom is -0.507 e. The van der Waals surface area contributed by atoms with E-state index in [-0.39, 0.29) is 12.5 Å². The van der Waals surface area contributed by atoms with Gasteiger partial charge in [-0.25, -0.2) is 0 Å². The molecular weight excluding hydrogens is 266 g/mol. The van der Waals surface area contributed by atoms with Crippen LogP contribution in [-0.2, 0) is 13.0 Å². The molecule has 1 N–H and O–H groups in total. The molecule has 2 aliphatic heterocycles. The highest BCUT2D eigenvalue weighted by atomic mass is 16.7. The molecule has 0 saturated heterocycles. The van der Waals surface area contributed by atoms with E-state index in [1.54, 1.807) is 6.07 Å². The maximum Gasteiger partial charge on any atom is 0.231 e. The summed E-state index contributed by atoms with van der Waals surface area (Å²) in [5.74, 6) is 1.59. The van der Waals surface area contributed by atoms with Crippen LogP contribution in [0.4, 0.5) is 5.69 Å². The minimum absolute atomic E-state index is 0.223. The van der Waals surface area contributed by atoms with E-state index in [2.05, 4.69) is 36.1 Å². The molecule has 0 fully saturated rings. The van der Waals surface area contributed by atoms with E-state index >= 15 is 0 Å². The summed E-state index contributed by atoms with van der Waals surface area (Å²) in [7, 11) is 0. The molecule has 2 aromatic carbocycles. The number of hydrogen-bond donors (Lipinski definition) is 1. The molecule has 21 heavy (non-hydrogen) atoms. The largest absolute Gasteiger partial charge is 0.507 e. The summed E-state index contributed by atoms with van der Waals surface area (Å²) < 4.78 is 10.7. The summed E-state index contributed by atoms with van der Waals surface area (Å²) in [4.78, 5) is 2.33. The van der Waals surface area contributed by atoms with E-state index in [0.29, 0.717) is 24.1 Å². The summed E-state index contributed by atoms with van der Waals surface area (Å²) in [6.07, 6.45) is 1.04. The summed E-state index contributed by atoms with van der Waals surface area (Å²) in [6.45, 7) is 3.10. The van der Waals surface area contributed by atoms with E-state index in [0.717, 1.165) is 12.0 Å². The van der Waals surface area contributed by atoms with Gasteiger partial charge in [-0.15, -0.1) is 0 Å². The lowest BCUT2D eigenvalue weighted by Crippen LogP contribution is -2.28. The van der Waals surface area contributed by atoms with Crippen molar-refractivity contribution >= 4 is 5.69 Å². The first-order valence-electron chi connectivity index (χ1n) is 7.18. The third-order valence-corrected chi connectivity index (χ3v) is 4.26. The minimum atomic E-state index is 0.223. The van der Waals surface area contributed by atoms with Crippen LogP contribution in [0.15, 0.2) is 36.4 Å². The highest BCUT2D eigenvalue weighted by Gasteiger charge is 2.27. The Kier molecular flexibility index (Phi) is 2.70. The summed E-state index contributed by atoms with van der Waals surface area (Å²) in [5, 5.41) is 10.2. The number of phenols is 1. The number of rotatable bonds is 2. The highest BCUT2D eigenvalue weighted by molar-refractivity contribution is 5.61. The molecule has 0 bridgehead atoms. The number of ether oxygens (including phenoxy) is 2. The second-order valence-electron chi connectivity index (χ2n) is 5.64. The quantitative estimate of drug-likeness (QED) is 0.919. The number of fused-ring (bicyclic) bond motifs is 2. The van der Waals surface area contributed by atoms with Crippen LogP contribution in [0.5, 0.6) is 17.2 Å². The molecule has 2 aromatic rings.